The van der Waals surface area contributed by atoms with Crippen LogP contribution in [-0.2, 0) is 10.9 Å². The lowest BCUT2D eigenvalue weighted by atomic mass is 10.1. The van der Waals surface area contributed by atoms with Gasteiger partial charge in [-0.2, -0.15) is 5.10 Å². The summed E-state index contributed by atoms with van der Waals surface area (Å²) < 4.78 is 15.6. The molecule has 10 nitrogen and oxygen atoms in total. The third-order valence-electron chi connectivity index (χ3n) is 4.75. The number of nitrogens with two attached hydrogens (primary N) is 2. The largest absolute Gasteiger partial charge is 0.381 e. The van der Waals surface area contributed by atoms with Crippen LogP contribution in [-0.4, -0.2) is 42.5 Å². The van der Waals surface area contributed by atoms with Gasteiger partial charge in [0.25, 0.3) is 0 Å². The van der Waals surface area contributed by atoms with Crippen LogP contribution in [0, 0.1) is 0 Å². The van der Waals surface area contributed by atoms with E-state index in [1.54, 1.807) is 42.8 Å². The van der Waals surface area contributed by atoms with Crippen molar-refractivity contribution in [3.05, 3.63) is 54.9 Å². The molecule has 0 radical (unpaired) electrons. The number of anilines is 2. The van der Waals surface area contributed by atoms with Gasteiger partial charge >= 0.3 is 0 Å². The van der Waals surface area contributed by atoms with Crippen molar-refractivity contribution in [3.8, 4) is 11.3 Å². The number of nitrogens with zero attached hydrogens (tertiary/aromatic N) is 7. The first-order chi connectivity index (χ1) is 14.2. The fourth-order valence-electron chi connectivity index (χ4n) is 3.17. The van der Waals surface area contributed by atoms with Gasteiger partial charge in [-0.05, 0) is 31.9 Å². The number of aromatic nitrogens is 6. The molecule has 0 spiro atoms. The third kappa shape index (κ3) is 4.05. The molecule has 4 heterocycles. The first kappa shape index (κ1) is 20.1. The molecule has 4 rings (SSSR count). The Morgan fingerprint density at radius 1 is 1.20 bits per heavy atom. The van der Waals surface area contributed by atoms with Gasteiger partial charge in [0, 0.05) is 30.4 Å². The van der Waals surface area contributed by atoms with Crippen molar-refractivity contribution in [1.29, 1.82) is 0 Å². The highest BCUT2D eigenvalue weighted by Crippen LogP contribution is 2.38. The van der Waals surface area contributed by atoms with E-state index in [9.17, 15) is 4.57 Å². The topological polar surface area (TPSA) is 133 Å². The molecule has 0 bridgehead atoms. The molecular formula is C19H24N9OP. The fraction of sp³-hybridized carbons (Fsp3) is 0.263. The number of fused-ring (bicyclic) bond motifs is 1. The van der Waals surface area contributed by atoms with Crippen LogP contribution in [0.25, 0.3) is 16.9 Å². The van der Waals surface area contributed by atoms with E-state index in [2.05, 4.69) is 20.1 Å². The molecule has 1 atom stereocenters. The van der Waals surface area contributed by atoms with Gasteiger partial charge in [0.2, 0.25) is 0 Å². The lowest BCUT2D eigenvalue weighted by Gasteiger charge is -2.26. The first-order valence-electron chi connectivity index (χ1n) is 9.37. The SMILES string of the molecule is CC(c1ccc2nccn2c1)N(N)c1nc(-c2cnn(CP(C)(C)=O)c2)cnc1N. The summed E-state index contributed by atoms with van der Waals surface area (Å²) in [6.45, 7) is 5.42. The van der Waals surface area contributed by atoms with Crippen LogP contribution in [0.2, 0.25) is 0 Å². The molecule has 156 valence electrons. The van der Waals surface area contributed by atoms with E-state index in [-0.39, 0.29) is 11.9 Å². The standard InChI is InChI=1S/C19H24N9OP/c1-13(14-4-5-17-22-6-7-26(17)10-14)28(21)19-18(20)23-9-16(25-19)15-8-24-27(11-15)12-30(2,3)29/h4-11,13H,12,21H2,1-3H3,(H2,20,23). The van der Waals surface area contributed by atoms with Crippen LogP contribution < -0.4 is 16.6 Å². The predicted molar refractivity (Wildman–Crippen MR) is 117 cm³/mol. The molecule has 0 aliphatic heterocycles. The summed E-state index contributed by atoms with van der Waals surface area (Å²) in [5.41, 5.74) is 9.24. The van der Waals surface area contributed by atoms with E-state index in [1.165, 1.54) is 5.01 Å². The minimum Gasteiger partial charge on any atom is -0.381 e. The van der Waals surface area contributed by atoms with Gasteiger partial charge < -0.3 is 14.7 Å². The van der Waals surface area contributed by atoms with Crippen LogP contribution in [0.5, 0.6) is 0 Å². The third-order valence-corrected chi connectivity index (χ3v) is 5.72. The molecule has 0 aliphatic carbocycles. The molecule has 4 aromatic rings. The zero-order chi connectivity index (χ0) is 21.5. The summed E-state index contributed by atoms with van der Waals surface area (Å²) in [7, 11) is -2.25. The van der Waals surface area contributed by atoms with Gasteiger partial charge in [-0.25, -0.2) is 20.8 Å². The number of imidazole rings is 1. The summed E-state index contributed by atoms with van der Waals surface area (Å²) in [4.78, 5) is 13.1. The number of hydrazine groups is 1. The summed E-state index contributed by atoms with van der Waals surface area (Å²) in [6.07, 6.45) is 11.0. The molecule has 0 aliphatic rings. The zero-order valence-electron chi connectivity index (χ0n) is 17.0. The Kier molecular flexibility index (Phi) is 5.05. The number of rotatable bonds is 6. The van der Waals surface area contributed by atoms with Crippen molar-refractivity contribution in [2.24, 2.45) is 5.84 Å². The van der Waals surface area contributed by atoms with E-state index < -0.39 is 7.14 Å². The molecule has 30 heavy (non-hydrogen) atoms. The molecular weight excluding hydrogens is 401 g/mol. The van der Waals surface area contributed by atoms with Crippen molar-refractivity contribution in [2.75, 3.05) is 24.1 Å². The van der Waals surface area contributed by atoms with E-state index in [1.807, 2.05) is 35.9 Å². The Morgan fingerprint density at radius 2 is 2.00 bits per heavy atom. The Morgan fingerprint density at radius 3 is 2.77 bits per heavy atom. The van der Waals surface area contributed by atoms with Crippen molar-refractivity contribution in [2.45, 2.75) is 19.3 Å². The van der Waals surface area contributed by atoms with Crippen molar-refractivity contribution >= 4 is 24.4 Å². The second-order valence-corrected chi connectivity index (χ2v) is 11.1. The monoisotopic (exact) mass is 425 g/mol. The molecule has 4 N–H and O–H groups in total. The maximum absolute atomic E-state index is 12.1. The van der Waals surface area contributed by atoms with Gasteiger partial charge in [0.05, 0.1) is 30.4 Å². The van der Waals surface area contributed by atoms with E-state index in [0.717, 1.165) is 16.8 Å². The van der Waals surface area contributed by atoms with Crippen molar-refractivity contribution < 1.29 is 4.57 Å². The van der Waals surface area contributed by atoms with E-state index >= 15 is 0 Å². The van der Waals surface area contributed by atoms with E-state index in [0.29, 0.717) is 17.8 Å². The van der Waals surface area contributed by atoms with Gasteiger partial charge in [0.15, 0.2) is 11.6 Å². The van der Waals surface area contributed by atoms with Crippen molar-refractivity contribution in [1.82, 2.24) is 29.1 Å². The molecule has 4 aromatic heterocycles. The Bertz CT molecular complexity index is 1240. The number of hydrogen-bond acceptors (Lipinski definition) is 8. The summed E-state index contributed by atoms with van der Waals surface area (Å²) >= 11 is 0. The average Bonchev–Trinajstić information content (AvgIpc) is 3.34. The maximum atomic E-state index is 12.1. The average molecular weight is 425 g/mol. The van der Waals surface area contributed by atoms with Gasteiger partial charge in [-0.1, -0.05) is 6.07 Å². The molecule has 0 fully saturated rings. The lowest BCUT2D eigenvalue weighted by molar-refractivity contribution is 0.569. The minimum atomic E-state index is -2.25. The van der Waals surface area contributed by atoms with Gasteiger partial charge in [-0.3, -0.25) is 9.69 Å². The second-order valence-electron chi connectivity index (χ2n) is 7.69. The Labute approximate surface area is 173 Å². The van der Waals surface area contributed by atoms with Gasteiger partial charge in [-0.15, -0.1) is 0 Å². The molecule has 0 saturated heterocycles. The van der Waals surface area contributed by atoms with Crippen LogP contribution in [0.4, 0.5) is 11.6 Å². The Balaban J connectivity index is 1.63. The Hall–Kier alpha value is -3.23. The molecule has 1 unspecified atom stereocenters. The summed E-state index contributed by atoms with van der Waals surface area (Å²) in [5, 5.41) is 5.77. The molecule has 0 aromatic carbocycles. The van der Waals surface area contributed by atoms with Crippen LogP contribution in [0.1, 0.15) is 18.5 Å². The number of nitrogen functional groups attached to an aromatic ring is 1. The van der Waals surface area contributed by atoms with Crippen LogP contribution in [0.15, 0.2) is 49.3 Å². The van der Waals surface area contributed by atoms with Gasteiger partial charge in [0.1, 0.15) is 12.8 Å². The zero-order valence-corrected chi connectivity index (χ0v) is 17.9. The second kappa shape index (κ2) is 7.55. The number of hydrogen-bond donors (Lipinski definition) is 2. The van der Waals surface area contributed by atoms with E-state index in [4.69, 9.17) is 11.6 Å². The molecule has 11 heteroatoms. The predicted octanol–water partition coefficient (Wildman–Crippen LogP) is 2.59. The highest BCUT2D eigenvalue weighted by atomic mass is 31.2. The maximum Gasteiger partial charge on any atom is 0.186 e. The first-order valence-corrected chi connectivity index (χ1v) is 12.2. The molecule has 0 amide bonds. The minimum absolute atomic E-state index is 0.211. The smallest absolute Gasteiger partial charge is 0.186 e. The number of pyridine rings is 1. The normalized spacial score (nSPS) is 12.9. The summed E-state index contributed by atoms with van der Waals surface area (Å²) in [5.74, 6) is 7.00. The highest BCUT2D eigenvalue weighted by molar-refractivity contribution is 7.61. The van der Waals surface area contributed by atoms with Crippen LogP contribution in [0.3, 0.4) is 0 Å². The van der Waals surface area contributed by atoms with Crippen molar-refractivity contribution in [3.63, 3.8) is 0 Å². The summed E-state index contributed by atoms with van der Waals surface area (Å²) in [6, 6.07) is 3.69. The fourth-order valence-corrected chi connectivity index (χ4v) is 4.02. The molecule has 0 saturated carbocycles. The highest BCUT2D eigenvalue weighted by Gasteiger charge is 2.20. The van der Waals surface area contributed by atoms with Crippen LogP contribution >= 0.6 is 7.14 Å². The lowest BCUT2D eigenvalue weighted by Crippen LogP contribution is -2.35. The quantitative estimate of drug-likeness (QED) is 0.274.